The summed E-state index contributed by atoms with van der Waals surface area (Å²) in [6, 6.07) is 7.94. The van der Waals surface area contributed by atoms with Crippen LogP contribution in [-0.2, 0) is 16.1 Å². The smallest absolute Gasteiger partial charge is 0.225 e. The molecule has 2 amide bonds. The van der Waals surface area contributed by atoms with Crippen molar-refractivity contribution in [3.8, 4) is 0 Å². The molecule has 0 saturated carbocycles. The zero-order valence-corrected chi connectivity index (χ0v) is 12.9. The van der Waals surface area contributed by atoms with Gasteiger partial charge in [0.15, 0.2) is 0 Å². The van der Waals surface area contributed by atoms with Crippen LogP contribution in [0.1, 0.15) is 24.0 Å². The molecule has 1 aliphatic rings. The molecule has 5 nitrogen and oxygen atoms in total. The van der Waals surface area contributed by atoms with Crippen molar-refractivity contribution in [1.29, 1.82) is 0 Å². The second kappa shape index (κ2) is 7.47. The SMILES string of the molecule is Cc1ccc(CNC(=O)CCC(=O)N2CSC[C@H]2O)cc1. The van der Waals surface area contributed by atoms with Crippen LogP contribution in [0, 0.1) is 6.92 Å². The highest BCUT2D eigenvalue weighted by atomic mass is 32.2. The normalized spacial score (nSPS) is 17.8. The third-order valence-corrected chi connectivity index (χ3v) is 4.35. The fraction of sp³-hybridized carbons (Fsp3) is 0.467. The lowest BCUT2D eigenvalue weighted by atomic mass is 10.1. The van der Waals surface area contributed by atoms with Gasteiger partial charge in [-0.25, -0.2) is 0 Å². The minimum absolute atomic E-state index is 0.136. The monoisotopic (exact) mass is 308 g/mol. The van der Waals surface area contributed by atoms with Crippen molar-refractivity contribution in [2.24, 2.45) is 0 Å². The van der Waals surface area contributed by atoms with Gasteiger partial charge in [0, 0.05) is 25.1 Å². The molecule has 0 aliphatic carbocycles. The first-order chi connectivity index (χ1) is 10.1. The van der Waals surface area contributed by atoms with Gasteiger partial charge in [-0.2, -0.15) is 0 Å². The molecule has 0 radical (unpaired) electrons. The summed E-state index contributed by atoms with van der Waals surface area (Å²) in [6.07, 6.45) is -0.422. The fourth-order valence-corrected chi connectivity index (χ4v) is 3.04. The third-order valence-electron chi connectivity index (χ3n) is 3.35. The van der Waals surface area contributed by atoms with E-state index in [2.05, 4.69) is 5.32 Å². The highest BCUT2D eigenvalue weighted by molar-refractivity contribution is 7.99. The number of hydrogen-bond acceptors (Lipinski definition) is 4. The van der Waals surface area contributed by atoms with Crippen LogP contribution in [0.25, 0.3) is 0 Å². The van der Waals surface area contributed by atoms with Gasteiger partial charge in [0.05, 0.1) is 5.88 Å². The van der Waals surface area contributed by atoms with E-state index in [1.54, 1.807) is 0 Å². The van der Waals surface area contributed by atoms with Crippen molar-refractivity contribution in [2.75, 3.05) is 11.6 Å². The molecular formula is C15H20N2O3S. The summed E-state index contributed by atoms with van der Waals surface area (Å²) in [5.41, 5.74) is 2.21. The van der Waals surface area contributed by atoms with E-state index in [4.69, 9.17) is 0 Å². The number of carbonyl (C=O) groups excluding carboxylic acids is 2. The summed E-state index contributed by atoms with van der Waals surface area (Å²) < 4.78 is 0. The van der Waals surface area contributed by atoms with E-state index in [1.807, 2.05) is 31.2 Å². The molecule has 0 spiro atoms. The van der Waals surface area contributed by atoms with Crippen LogP contribution >= 0.6 is 11.8 Å². The molecule has 2 N–H and O–H groups in total. The summed E-state index contributed by atoms with van der Waals surface area (Å²) in [5.74, 6) is 0.735. The summed E-state index contributed by atoms with van der Waals surface area (Å²) in [4.78, 5) is 25.0. The molecule has 1 fully saturated rings. The first kappa shape index (κ1) is 15.9. The van der Waals surface area contributed by atoms with Gasteiger partial charge >= 0.3 is 0 Å². The number of thioether (sulfide) groups is 1. The Morgan fingerprint density at radius 3 is 2.67 bits per heavy atom. The van der Waals surface area contributed by atoms with E-state index in [0.29, 0.717) is 18.2 Å². The fourth-order valence-electron chi connectivity index (χ4n) is 2.03. The molecule has 0 aromatic heterocycles. The summed E-state index contributed by atoms with van der Waals surface area (Å²) >= 11 is 1.52. The van der Waals surface area contributed by atoms with Gasteiger partial charge in [-0.15, -0.1) is 11.8 Å². The van der Waals surface area contributed by atoms with Crippen LogP contribution in [0.4, 0.5) is 0 Å². The van der Waals surface area contributed by atoms with E-state index in [9.17, 15) is 14.7 Å². The number of amides is 2. The van der Waals surface area contributed by atoms with Crippen LogP contribution in [-0.4, -0.2) is 39.7 Å². The van der Waals surface area contributed by atoms with Gasteiger partial charge < -0.3 is 15.3 Å². The number of aryl methyl sites for hydroxylation is 1. The molecule has 2 rings (SSSR count). The topological polar surface area (TPSA) is 69.6 Å². The molecule has 21 heavy (non-hydrogen) atoms. The maximum atomic E-state index is 11.8. The molecule has 1 aromatic rings. The summed E-state index contributed by atoms with van der Waals surface area (Å²) in [6.45, 7) is 2.48. The molecule has 0 bridgehead atoms. The standard InChI is InChI=1S/C15H20N2O3S/c1-11-2-4-12(5-3-11)8-16-13(18)6-7-14(19)17-10-21-9-15(17)20/h2-5,15,20H,6-10H2,1H3,(H,16,18)/t15-/m1/s1. The van der Waals surface area contributed by atoms with Crippen molar-refractivity contribution >= 4 is 23.6 Å². The molecule has 1 aliphatic heterocycles. The third kappa shape index (κ3) is 4.75. The Bertz CT molecular complexity index is 504. The number of aliphatic hydroxyl groups is 1. The molecular weight excluding hydrogens is 288 g/mol. The average molecular weight is 308 g/mol. The Morgan fingerprint density at radius 2 is 2.05 bits per heavy atom. The first-order valence-electron chi connectivity index (χ1n) is 6.94. The number of benzene rings is 1. The van der Waals surface area contributed by atoms with Gasteiger partial charge in [0.25, 0.3) is 0 Å². The van der Waals surface area contributed by atoms with Crippen molar-refractivity contribution < 1.29 is 14.7 Å². The van der Waals surface area contributed by atoms with Crippen molar-refractivity contribution in [3.05, 3.63) is 35.4 Å². The summed E-state index contributed by atoms with van der Waals surface area (Å²) in [5, 5.41) is 12.4. The maximum Gasteiger partial charge on any atom is 0.225 e. The Hall–Kier alpha value is -1.53. The first-order valence-corrected chi connectivity index (χ1v) is 8.09. The van der Waals surface area contributed by atoms with E-state index < -0.39 is 6.23 Å². The van der Waals surface area contributed by atoms with E-state index >= 15 is 0 Å². The molecule has 0 unspecified atom stereocenters. The van der Waals surface area contributed by atoms with E-state index in [1.165, 1.54) is 22.2 Å². The highest BCUT2D eigenvalue weighted by Gasteiger charge is 2.27. The van der Waals surface area contributed by atoms with Crippen LogP contribution in [0.5, 0.6) is 0 Å². The zero-order valence-electron chi connectivity index (χ0n) is 12.0. The van der Waals surface area contributed by atoms with Gasteiger partial charge in [-0.1, -0.05) is 29.8 Å². The predicted molar refractivity (Wildman–Crippen MR) is 82.4 cm³/mol. The number of rotatable bonds is 5. The lowest BCUT2D eigenvalue weighted by Gasteiger charge is -2.18. The summed E-state index contributed by atoms with van der Waals surface area (Å²) in [7, 11) is 0. The molecule has 1 aromatic carbocycles. The Balaban J connectivity index is 1.70. The van der Waals surface area contributed by atoms with Gasteiger partial charge in [-0.05, 0) is 12.5 Å². The number of nitrogens with zero attached hydrogens (tertiary/aromatic N) is 1. The van der Waals surface area contributed by atoms with Crippen LogP contribution in [0.2, 0.25) is 0 Å². The Morgan fingerprint density at radius 1 is 1.33 bits per heavy atom. The predicted octanol–water partition coefficient (Wildman–Crippen LogP) is 1.24. The van der Waals surface area contributed by atoms with Crippen molar-refractivity contribution in [2.45, 2.75) is 32.5 Å². The van der Waals surface area contributed by atoms with Crippen LogP contribution in [0.15, 0.2) is 24.3 Å². The van der Waals surface area contributed by atoms with Gasteiger partial charge in [0.2, 0.25) is 11.8 Å². The molecule has 114 valence electrons. The number of hydrogen-bond donors (Lipinski definition) is 2. The lowest BCUT2D eigenvalue weighted by molar-refractivity contribution is -0.139. The van der Waals surface area contributed by atoms with E-state index in [-0.39, 0.29) is 24.7 Å². The largest absolute Gasteiger partial charge is 0.373 e. The maximum absolute atomic E-state index is 11.8. The average Bonchev–Trinajstić information content (AvgIpc) is 2.90. The zero-order chi connectivity index (χ0) is 15.2. The Labute approximate surface area is 128 Å². The number of nitrogens with one attached hydrogen (secondary N) is 1. The Kier molecular flexibility index (Phi) is 5.64. The lowest BCUT2D eigenvalue weighted by Crippen LogP contribution is -2.37. The molecule has 1 atom stereocenters. The minimum atomic E-state index is -0.710. The molecule has 1 heterocycles. The molecule has 1 saturated heterocycles. The molecule has 6 heteroatoms. The van der Waals surface area contributed by atoms with Crippen LogP contribution in [0.3, 0.4) is 0 Å². The number of aliphatic hydroxyl groups excluding tert-OH is 1. The van der Waals surface area contributed by atoms with Crippen LogP contribution < -0.4 is 5.32 Å². The van der Waals surface area contributed by atoms with Crippen molar-refractivity contribution in [1.82, 2.24) is 10.2 Å². The minimum Gasteiger partial charge on any atom is -0.373 e. The highest BCUT2D eigenvalue weighted by Crippen LogP contribution is 2.19. The van der Waals surface area contributed by atoms with Gasteiger partial charge in [0.1, 0.15) is 6.23 Å². The second-order valence-electron chi connectivity index (χ2n) is 5.11. The quantitative estimate of drug-likeness (QED) is 0.859. The van der Waals surface area contributed by atoms with E-state index in [0.717, 1.165) is 5.56 Å². The number of carbonyl (C=O) groups is 2. The second-order valence-corrected chi connectivity index (χ2v) is 6.11. The van der Waals surface area contributed by atoms with Gasteiger partial charge in [-0.3, -0.25) is 9.59 Å². The van der Waals surface area contributed by atoms with Crippen molar-refractivity contribution in [3.63, 3.8) is 0 Å².